The summed E-state index contributed by atoms with van der Waals surface area (Å²) < 4.78 is 0. The molecule has 6 heteroatoms. The second-order valence-electron chi connectivity index (χ2n) is 9.27. The van der Waals surface area contributed by atoms with E-state index in [0.717, 1.165) is 61.8 Å². The molecule has 1 fully saturated rings. The van der Waals surface area contributed by atoms with Gasteiger partial charge in [0.25, 0.3) is 5.56 Å². The van der Waals surface area contributed by atoms with Gasteiger partial charge in [-0.2, -0.15) is 0 Å². The van der Waals surface area contributed by atoms with Gasteiger partial charge < -0.3 is 9.88 Å². The van der Waals surface area contributed by atoms with Crippen LogP contribution in [0.15, 0.2) is 35.1 Å². The Kier molecular flexibility index (Phi) is 6.39. The molecule has 5 rings (SSSR count). The van der Waals surface area contributed by atoms with Gasteiger partial charge in [-0.3, -0.25) is 9.59 Å². The van der Waals surface area contributed by atoms with Crippen molar-refractivity contribution in [1.29, 1.82) is 0 Å². The molecule has 1 N–H and O–H groups in total. The summed E-state index contributed by atoms with van der Waals surface area (Å²) >= 11 is 1.68. The average molecular weight is 450 g/mol. The summed E-state index contributed by atoms with van der Waals surface area (Å²) in [5.41, 5.74) is 2.57. The Morgan fingerprint density at radius 3 is 2.69 bits per heavy atom. The molecule has 3 heterocycles. The fraction of sp³-hybridized carbons (Fsp3) is 0.500. The Morgan fingerprint density at radius 1 is 1.09 bits per heavy atom. The largest absolute Gasteiger partial charge is 0.343 e. The van der Waals surface area contributed by atoms with Crippen molar-refractivity contribution >= 4 is 27.5 Å². The normalized spacial score (nSPS) is 17.3. The van der Waals surface area contributed by atoms with Crippen molar-refractivity contribution in [3.05, 3.63) is 62.5 Å². The van der Waals surface area contributed by atoms with Crippen LogP contribution in [0.3, 0.4) is 0 Å². The molecule has 0 spiro atoms. The van der Waals surface area contributed by atoms with Gasteiger partial charge in [-0.15, -0.1) is 11.3 Å². The van der Waals surface area contributed by atoms with Gasteiger partial charge >= 0.3 is 0 Å². The summed E-state index contributed by atoms with van der Waals surface area (Å²) in [6, 6.07) is 10.6. The van der Waals surface area contributed by atoms with E-state index in [1.54, 1.807) is 11.3 Å². The van der Waals surface area contributed by atoms with Gasteiger partial charge in [0.05, 0.1) is 5.39 Å². The van der Waals surface area contributed by atoms with Crippen LogP contribution in [0.5, 0.6) is 0 Å². The Balaban J connectivity index is 1.18. The van der Waals surface area contributed by atoms with E-state index in [0.29, 0.717) is 24.6 Å². The van der Waals surface area contributed by atoms with Crippen LogP contribution in [0.1, 0.15) is 60.4 Å². The molecule has 32 heavy (non-hydrogen) atoms. The molecule has 0 radical (unpaired) electrons. The highest BCUT2D eigenvalue weighted by Crippen LogP contribution is 2.33. The van der Waals surface area contributed by atoms with Crippen LogP contribution in [0.4, 0.5) is 0 Å². The Morgan fingerprint density at radius 2 is 1.88 bits per heavy atom. The molecule has 2 aromatic heterocycles. The molecule has 0 unspecified atom stereocenters. The van der Waals surface area contributed by atoms with Crippen LogP contribution in [-0.2, 0) is 30.5 Å². The number of carbonyl (C=O) groups excluding carboxylic acids is 1. The maximum absolute atomic E-state index is 12.8. The van der Waals surface area contributed by atoms with E-state index in [4.69, 9.17) is 4.98 Å². The number of likely N-dealkylation sites (tertiary alicyclic amines) is 1. The summed E-state index contributed by atoms with van der Waals surface area (Å²) in [4.78, 5) is 37.5. The summed E-state index contributed by atoms with van der Waals surface area (Å²) in [7, 11) is 0. The summed E-state index contributed by atoms with van der Waals surface area (Å²) in [6.45, 7) is 1.66. The first-order valence-corrected chi connectivity index (χ1v) is 12.8. The lowest BCUT2D eigenvalue weighted by molar-refractivity contribution is -0.132. The topological polar surface area (TPSA) is 66.1 Å². The van der Waals surface area contributed by atoms with Crippen molar-refractivity contribution in [2.45, 2.75) is 64.2 Å². The summed E-state index contributed by atoms with van der Waals surface area (Å²) in [5, 5.41) is 0.794. The molecule has 1 aliphatic heterocycles. The second-order valence-corrected chi connectivity index (χ2v) is 10.4. The standard InChI is InChI=1S/C26H31N3O2S/c30-23(29-15-13-19(14-16-29)17-18-7-3-1-4-8-18)12-11-22-27-25(31)24-20-9-5-2-6-10-21(20)32-26(24)28-22/h1,3-4,7-8,19H,2,5-6,9-17H2,(H,27,28,31). The van der Waals surface area contributed by atoms with Gasteiger partial charge in [-0.05, 0) is 62.0 Å². The Labute approximate surface area is 192 Å². The van der Waals surface area contributed by atoms with E-state index in [9.17, 15) is 9.59 Å². The zero-order chi connectivity index (χ0) is 21.9. The molecule has 5 nitrogen and oxygen atoms in total. The molecule has 1 amide bonds. The molecule has 0 atom stereocenters. The number of nitrogens with one attached hydrogen (secondary N) is 1. The number of nitrogens with zero attached hydrogens (tertiary/aromatic N) is 2. The highest BCUT2D eigenvalue weighted by molar-refractivity contribution is 7.18. The van der Waals surface area contributed by atoms with E-state index in [1.165, 1.54) is 28.8 Å². The minimum atomic E-state index is -0.0291. The maximum atomic E-state index is 12.8. The van der Waals surface area contributed by atoms with Gasteiger partial charge in [0.2, 0.25) is 5.91 Å². The van der Waals surface area contributed by atoms with E-state index in [1.807, 2.05) is 4.90 Å². The molecular formula is C26H31N3O2S. The van der Waals surface area contributed by atoms with Crippen molar-refractivity contribution < 1.29 is 4.79 Å². The second kappa shape index (κ2) is 9.57. The lowest BCUT2D eigenvalue weighted by atomic mass is 9.90. The lowest BCUT2D eigenvalue weighted by Gasteiger charge is -2.32. The van der Waals surface area contributed by atoms with E-state index < -0.39 is 0 Å². The average Bonchev–Trinajstić information content (AvgIpc) is 3.00. The first-order chi connectivity index (χ1) is 15.7. The number of thiophene rings is 1. The fourth-order valence-electron chi connectivity index (χ4n) is 5.22. The number of rotatable bonds is 5. The Bertz CT molecular complexity index is 1140. The summed E-state index contributed by atoms with van der Waals surface area (Å²) in [5.74, 6) is 1.47. The zero-order valence-corrected chi connectivity index (χ0v) is 19.4. The predicted molar refractivity (Wildman–Crippen MR) is 129 cm³/mol. The fourth-order valence-corrected chi connectivity index (χ4v) is 6.50. The molecular weight excluding hydrogens is 418 g/mol. The van der Waals surface area contributed by atoms with Crippen molar-refractivity contribution in [1.82, 2.24) is 14.9 Å². The number of benzene rings is 1. The van der Waals surface area contributed by atoms with Crippen LogP contribution < -0.4 is 5.56 Å². The lowest BCUT2D eigenvalue weighted by Crippen LogP contribution is -2.39. The van der Waals surface area contributed by atoms with Crippen molar-refractivity contribution in [3.63, 3.8) is 0 Å². The van der Waals surface area contributed by atoms with Gasteiger partial charge in [0, 0.05) is 30.8 Å². The van der Waals surface area contributed by atoms with Crippen molar-refractivity contribution in [2.75, 3.05) is 13.1 Å². The smallest absolute Gasteiger partial charge is 0.259 e. The third-order valence-corrected chi connectivity index (χ3v) is 8.22. The highest BCUT2D eigenvalue weighted by Gasteiger charge is 2.23. The number of aromatic amines is 1. The minimum Gasteiger partial charge on any atom is -0.343 e. The van der Waals surface area contributed by atoms with Crippen LogP contribution >= 0.6 is 11.3 Å². The molecule has 0 bridgehead atoms. The monoisotopic (exact) mass is 449 g/mol. The van der Waals surface area contributed by atoms with Crippen LogP contribution in [0, 0.1) is 5.92 Å². The molecule has 168 valence electrons. The maximum Gasteiger partial charge on any atom is 0.259 e. The molecule has 1 saturated heterocycles. The molecule has 3 aromatic rings. The quantitative estimate of drug-likeness (QED) is 0.576. The van der Waals surface area contributed by atoms with Crippen molar-refractivity contribution in [2.24, 2.45) is 5.92 Å². The predicted octanol–water partition coefficient (Wildman–Crippen LogP) is 4.67. The van der Waals surface area contributed by atoms with Gasteiger partial charge in [-0.25, -0.2) is 4.98 Å². The number of carbonyl (C=O) groups is 1. The Hall–Kier alpha value is -2.47. The SMILES string of the molecule is O=C(CCc1nc2sc3c(c2c(=O)[nH]1)CCCCC3)N1CCC(Cc2ccccc2)CC1. The van der Waals surface area contributed by atoms with E-state index >= 15 is 0 Å². The number of fused-ring (bicyclic) bond motifs is 3. The van der Waals surface area contributed by atoms with Gasteiger partial charge in [0.1, 0.15) is 10.7 Å². The van der Waals surface area contributed by atoms with Gasteiger partial charge in [-0.1, -0.05) is 36.8 Å². The van der Waals surface area contributed by atoms with E-state index in [2.05, 4.69) is 35.3 Å². The zero-order valence-electron chi connectivity index (χ0n) is 18.6. The number of aromatic nitrogens is 2. The van der Waals surface area contributed by atoms with Crippen LogP contribution in [0.2, 0.25) is 0 Å². The van der Waals surface area contributed by atoms with Gasteiger partial charge in [0.15, 0.2) is 0 Å². The summed E-state index contributed by atoms with van der Waals surface area (Å²) in [6.07, 6.45) is 9.74. The number of hydrogen-bond donors (Lipinski definition) is 1. The molecule has 0 saturated carbocycles. The minimum absolute atomic E-state index is 0.0291. The van der Waals surface area contributed by atoms with Crippen LogP contribution in [-0.4, -0.2) is 33.9 Å². The number of piperidine rings is 1. The first-order valence-electron chi connectivity index (χ1n) is 12.0. The third kappa shape index (κ3) is 4.65. The number of aryl methyl sites for hydroxylation is 3. The van der Waals surface area contributed by atoms with E-state index in [-0.39, 0.29) is 11.5 Å². The first kappa shape index (κ1) is 21.4. The van der Waals surface area contributed by atoms with Crippen LogP contribution in [0.25, 0.3) is 10.2 Å². The molecule has 1 aliphatic carbocycles. The number of H-pyrrole nitrogens is 1. The number of hydrogen-bond acceptors (Lipinski definition) is 4. The third-order valence-electron chi connectivity index (χ3n) is 7.03. The highest BCUT2D eigenvalue weighted by atomic mass is 32.1. The molecule has 2 aliphatic rings. The number of amides is 1. The van der Waals surface area contributed by atoms with Crippen molar-refractivity contribution in [3.8, 4) is 0 Å². The molecule has 1 aromatic carbocycles.